The summed E-state index contributed by atoms with van der Waals surface area (Å²) in [6, 6.07) is 1.16. The Bertz CT molecular complexity index is 443. The van der Waals surface area contributed by atoms with Crippen molar-refractivity contribution < 1.29 is 25.6 Å². The predicted octanol–water partition coefficient (Wildman–Crippen LogP) is 2.40. The monoisotopic (exact) mass is 290 g/mol. The molecule has 1 heterocycles. The van der Waals surface area contributed by atoms with E-state index in [9.17, 15) is 8.78 Å². The van der Waals surface area contributed by atoms with Gasteiger partial charge in [-0.1, -0.05) is 11.6 Å². The average Bonchev–Trinajstić information content (AvgIpc) is 2.48. The first-order valence-corrected chi connectivity index (χ1v) is 3.88. The molecule has 2 nitrogen and oxygen atoms in total. The van der Waals surface area contributed by atoms with Crippen LogP contribution in [0.4, 0.5) is 8.78 Å². The third-order valence-electron chi connectivity index (χ3n) is 1.49. The Hall–Kier alpha value is -0.464. The Balaban J connectivity index is 0.000000845. The van der Waals surface area contributed by atoms with Crippen LogP contribution in [-0.4, -0.2) is 9.97 Å². The van der Waals surface area contributed by atoms with Gasteiger partial charge in [0.15, 0.2) is 0 Å². The molecule has 0 saturated heterocycles. The van der Waals surface area contributed by atoms with Crippen LogP contribution in [-0.2, 0) is 16.8 Å². The Kier molecular flexibility index (Phi) is 3.04. The van der Waals surface area contributed by atoms with Crippen LogP contribution in [0.3, 0.4) is 0 Å². The molecular weight excluding hydrogens is 289 g/mol. The van der Waals surface area contributed by atoms with Crippen molar-refractivity contribution in [3.05, 3.63) is 28.5 Å². The van der Waals surface area contributed by atoms with Crippen molar-refractivity contribution in [1.82, 2.24) is 9.97 Å². The van der Waals surface area contributed by atoms with Gasteiger partial charge in [-0.15, -0.1) is 0 Å². The molecule has 0 atom stereocenters. The molecule has 0 aliphatic rings. The first-order chi connectivity index (χ1) is 5.70. The van der Waals surface area contributed by atoms with Crippen molar-refractivity contribution in [2.24, 2.45) is 0 Å². The van der Waals surface area contributed by atoms with Gasteiger partial charge in [0, 0.05) is 16.8 Å². The van der Waals surface area contributed by atoms with E-state index in [4.69, 9.17) is 0 Å². The van der Waals surface area contributed by atoms with Crippen molar-refractivity contribution in [2.75, 3.05) is 0 Å². The summed E-state index contributed by atoms with van der Waals surface area (Å²) in [5.41, 5.74) is 0.386. The van der Waals surface area contributed by atoms with Gasteiger partial charge in [0.1, 0.15) is 11.6 Å². The first kappa shape index (κ1) is 10.6. The molecule has 2 rings (SSSR count). The summed E-state index contributed by atoms with van der Waals surface area (Å²) in [6.07, 6.45) is 2.33. The standard InChI is InChI=1S/C7H2BrF2N2.Co/c8-5-3(9)1-4-7(6(5)10)12-2-11-4;/h1H,(H,11,12);/q-1;. The van der Waals surface area contributed by atoms with Crippen LogP contribution < -0.4 is 0 Å². The van der Waals surface area contributed by atoms with Gasteiger partial charge in [-0.2, -0.15) is 0 Å². The van der Waals surface area contributed by atoms with Crippen LogP contribution in [0, 0.1) is 18.0 Å². The number of nitrogens with zero attached hydrogens (tertiary/aromatic N) is 1. The van der Waals surface area contributed by atoms with Crippen molar-refractivity contribution in [2.45, 2.75) is 0 Å². The predicted molar refractivity (Wildman–Crippen MR) is 42.5 cm³/mol. The van der Waals surface area contributed by atoms with E-state index >= 15 is 0 Å². The van der Waals surface area contributed by atoms with Gasteiger partial charge in [-0.05, 0) is 27.8 Å². The van der Waals surface area contributed by atoms with Gasteiger partial charge in [-0.25, -0.2) is 8.78 Å². The molecule has 0 saturated carbocycles. The second-order valence-corrected chi connectivity index (χ2v) is 3.02. The number of imidazole rings is 1. The molecule has 1 aromatic carbocycles. The number of fused-ring (bicyclic) bond motifs is 1. The average molecular weight is 291 g/mol. The third kappa shape index (κ3) is 1.61. The van der Waals surface area contributed by atoms with Crippen molar-refractivity contribution in [3.63, 3.8) is 0 Å². The smallest absolute Gasteiger partial charge is 0.128 e. The number of aromatic nitrogens is 2. The van der Waals surface area contributed by atoms with E-state index in [0.717, 1.165) is 6.07 Å². The fourth-order valence-electron chi connectivity index (χ4n) is 0.934. The van der Waals surface area contributed by atoms with Crippen molar-refractivity contribution >= 4 is 27.0 Å². The molecule has 71 valence electrons. The van der Waals surface area contributed by atoms with Crippen molar-refractivity contribution in [1.29, 1.82) is 0 Å². The molecule has 1 radical (unpaired) electrons. The number of halogens is 3. The Morgan fingerprint density at radius 1 is 1.46 bits per heavy atom. The maximum absolute atomic E-state index is 13.1. The molecule has 0 aliphatic heterocycles. The molecule has 0 unspecified atom stereocenters. The topological polar surface area (TPSA) is 28.7 Å². The molecule has 0 bridgehead atoms. The van der Waals surface area contributed by atoms with E-state index in [2.05, 4.69) is 32.2 Å². The van der Waals surface area contributed by atoms with Crippen LogP contribution in [0.1, 0.15) is 0 Å². The zero-order valence-corrected chi connectivity index (χ0v) is 8.62. The molecule has 0 spiro atoms. The number of rotatable bonds is 0. The minimum absolute atomic E-state index is 0. The molecule has 0 fully saturated rings. The Labute approximate surface area is 91.1 Å². The zero-order valence-electron chi connectivity index (χ0n) is 5.99. The zero-order chi connectivity index (χ0) is 8.72. The number of hydrogen-bond acceptors (Lipinski definition) is 1. The Morgan fingerprint density at radius 3 is 2.85 bits per heavy atom. The van der Waals surface area contributed by atoms with E-state index < -0.39 is 11.6 Å². The van der Waals surface area contributed by atoms with E-state index in [1.807, 2.05) is 0 Å². The van der Waals surface area contributed by atoms with Crippen LogP contribution in [0.15, 0.2) is 10.5 Å². The van der Waals surface area contributed by atoms with Gasteiger partial charge < -0.3 is 9.97 Å². The maximum Gasteiger partial charge on any atom is 0.128 e. The number of hydrogen-bond donors (Lipinski definition) is 1. The summed E-state index contributed by atoms with van der Waals surface area (Å²) < 4.78 is 25.7. The van der Waals surface area contributed by atoms with Gasteiger partial charge in [-0.3, -0.25) is 0 Å². The van der Waals surface area contributed by atoms with Crippen molar-refractivity contribution in [3.8, 4) is 0 Å². The fourth-order valence-corrected chi connectivity index (χ4v) is 1.24. The quantitative estimate of drug-likeness (QED) is 0.586. The summed E-state index contributed by atoms with van der Waals surface area (Å²) in [5, 5.41) is 0. The maximum atomic E-state index is 13.1. The minimum Gasteiger partial charge on any atom is -0.460 e. The molecular formula is C7H2BrCoF2N2-. The summed E-state index contributed by atoms with van der Waals surface area (Å²) in [6.45, 7) is 0. The van der Waals surface area contributed by atoms with E-state index in [-0.39, 0.29) is 26.8 Å². The molecule has 6 heteroatoms. The van der Waals surface area contributed by atoms with E-state index in [1.165, 1.54) is 0 Å². The van der Waals surface area contributed by atoms with Crippen LogP contribution in [0.5, 0.6) is 0 Å². The van der Waals surface area contributed by atoms with Crippen LogP contribution in [0.25, 0.3) is 11.0 Å². The SMILES string of the molecule is Fc1cc2[nH][c-]nc2c(F)c1Br.[Co]. The number of benzene rings is 1. The van der Waals surface area contributed by atoms with Gasteiger partial charge in [0.05, 0.1) is 4.47 Å². The van der Waals surface area contributed by atoms with Crippen LogP contribution in [0.2, 0.25) is 0 Å². The third-order valence-corrected chi connectivity index (χ3v) is 2.22. The van der Waals surface area contributed by atoms with E-state index in [0.29, 0.717) is 5.52 Å². The van der Waals surface area contributed by atoms with Gasteiger partial charge in [0.25, 0.3) is 0 Å². The fraction of sp³-hybridized carbons (Fsp3) is 0. The largest absolute Gasteiger partial charge is 0.460 e. The number of H-pyrrole nitrogens is 1. The summed E-state index contributed by atoms with van der Waals surface area (Å²) in [7, 11) is 0. The molecule has 13 heavy (non-hydrogen) atoms. The van der Waals surface area contributed by atoms with E-state index in [1.54, 1.807) is 0 Å². The summed E-state index contributed by atoms with van der Waals surface area (Å²) in [5.74, 6) is -1.36. The van der Waals surface area contributed by atoms with Gasteiger partial charge in [0.2, 0.25) is 0 Å². The second-order valence-electron chi connectivity index (χ2n) is 2.23. The summed E-state index contributed by atoms with van der Waals surface area (Å²) >= 11 is 2.77. The van der Waals surface area contributed by atoms with Gasteiger partial charge >= 0.3 is 0 Å². The first-order valence-electron chi connectivity index (χ1n) is 3.09. The Morgan fingerprint density at radius 2 is 2.15 bits per heavy atom. The normalized spacial score (nSPS) is 10.1. The molecule has 2 aromatic rings. The molecule has 1 aromatic heterocycles. The molecule has 0 amide bonds. The molecule has 1 N–H and O–H groups in total. The molecule has 0 aliphatic carbocycles. The summed E-state index contributed by atoms with van der Waals surface area (Å²) in [4.78, 5) is 6.06. The number of aromatic amines is 1. The minimum atomic E-state index is -0.706. The second kappa shape index (κ2) is 3.73. The number of nitrogens with one attached hydrogen (secondary N) is 1. The van der Waals surface area contributed by atoms with Crippen LogP contribution >= 0.6 is 15.9 Å².